The summed E-state index contributed by atoms with van der Waals surface area (Å²) in [4.78, 5) is 9.99. The Hall–Kier alpha value is -1.93. The molecule has 0 unspecified atom stereocenters. The minimum atomic E-state index is 0.374. The van der Waals surface area contributed by atoms with Gasteiger partial charge in [-0.25, -0.2) is 9.97 Å². The summed E-state index contributed by atoms with van der Waals surface area (Å²) in [5.74, 6) is 0.734. The highest BCUT2D eigenvalue weighted by atomic mass is 79.9. The number of aromatic nitrogens is 2. The fourth-order valence-electron chi connectivity index (χ4n) is 1.58. The number of rotatable bonds is 3. The highest BCUT2D eigenvalue weighted by molar-refractivity contribution is 9.10. The lowest BCUT2D eigenvalue weighted by atomic mass is 10.2. The average Bonchev–Trinajstić information content (AvgIpc) is 2.41. The van der Waals surface area contributed by atoms with Crippen molar-refractivity contribution in [2.45, 2.75) is 6.54 Å². The monoisotopic (exact) mass is 302 g/mol. The largest absolute Gasteiger partial charge is 0.355 e. The molecule has 0 radical (unpaired) electrons. The molecule has 0 saturated carbocycles. The molecule has 4 nitrogen and oxygen atoms in total. The molecule has 0 aliphatic heterocycles. The molecule has 2 rings (SSSR count). The van der Waals surface area contributed by atoms with Gasteiger partial charge in [0, 0.05) is 24.1 Å². The van der Waals surface area contributed by atoms with Crippen molar-refractivity contribution in [2.75, 3.05) is 11.9 Å². The first kappa shape index (κ1) is 12.5. The van der Waals surface area contributed by atoms with Gasteiger partial charge in [0.05, 0.1) is 0 Å². The number of hydrogen-bond donors (Lipinski definition) is 0. The molecule has 0 amide bonds. The van der Waals surface area contributed by atoms with E-state index in [0.29, 0.717) is 12.2 Å². The van der Waals surface area contributed by atoms with Gasteiger partial charge in [-0.15, -0.1) is 0 Å². The van der Waals surface area contributed by atoms with Crippen molar-refractivity contribution in [2.24, 2.45) is 0 Å². The summed E-state index contributed by atoms with van der Waals surface area (Å²) in [6.07, 6.45) is 1.41. The molecule has 0 spiro atoms. The smallest absolute Gasteiger partial charge is 0.145 e. The third-order valence-electron chi connectivity index (χ3n) is 2.52. The zero-order chi connectivity index (χ0) is 13.0. The van der Waals surface area contributed by atoms with Gasteiger partial charge in [-0.3, -0.25) is 0 Å². The summed E-state index contributed by atoms with van der Waals surface area (Å²) in [7, 11) is 1.93. The van der Waals surface area contributed by atoms with Gasteiger partial charge in [0.1, 0.15) is 23.9 Å². The summed E-state index contributed by atoms with van der Waals surface area (Å²) in [6, 6.07) is 11.7. The summed E-state index contributed by atoms with van der Waals surface area (Å²) in [5.41, 5.74) is 1.54. The van der Waals surface area contributed by atoms with Gasteiger partial charge in [-0.05, 0) is 11.6 Å². The number of halogens is 1. The Kier molecular flexibility index (Phi) is 3.90. The quantitative estimate of drug-likeness (QED) is 0.875. The second-order valence-electron chi connectivity index (χ2n) is 3.82. The van der Waals surface area contributed by atoms with E-state index in [0.717, 1.165) is 15.9 Å². The Balaban J connectivity index is 2.20. The molecule has 0 N–H and O–H groups in total. The molecule has 90 valence electrons. The van der Waals surface area contributed by atoms with Crippen molar-refractivity contribution < 1.29 is 0 Å². The van der Waals surface area contributed by atoms with Crippen LogP contribution >= 0.6 is 15.9 Å². The maximum atomic E-state index is 8.81. The lowest BCUT2D eigenvalue weighted by molar-refractivity contribution is 0.885. The predicted octanol–water partition coefficient (Wildman–Crippen LogP) is 2.75. The van der Waals surface area contributed by atoms with E-state index >= 15 is 0 Å². The number of hydrogen-bond acceptors (Lipinski definition) is 4. The van der Waals surface area contributed by atoms with Crippen molar-refractivity contribution in [3.63, 3.8) is 0 Å². The van der Waals surface area contributed by atoms with Crippen LogP contribution in [0.4, 0.5) is 5.82 Å². The molecule has 1 heterocycles. The van der Waals surface area contributed by atoms with E-state index in [1.54, 1.807) is 6.07 Å². The zero-order valence-electron chi connectivity index (χ0n) is 9.84. The molecular weight excluding hydrogens is 292 g/mol. The summed E-state index contributed by atoms with van der Waals surface area (Å²) >= 11 is 3.51. The van der Waals surface area contributed by atoms with E-state index < -0.39 is 0 Å². The van der Waals surface area contributed by atoms with Gasteiger partial charge in [0.15, 0.2) is 0 Å². The SMILES string of the molecule is CN(Cc1ccccc1Br)c1cc(C#N)ncn1. The van der Waals surface area contributed by atoms with Crippen LogP contribution in [0.15, 0.2) is 41.1 Å². The summed E-state index contributed by atoms with van der Waals surface area (Å²) < 4.78 is 1.06. The highest BCUT2D eigenvalue weighted by Gasteiger charge is 2.07. The Morgan fingerprint density at radius 1 is 1.33 bits per heavy atom. The Labute approximate surface area is 114 Å². The van der Waals surface area contributed by atoms with Crippen LogP contribution < -0.4 is 4.90 Å². The van der Waals surface area contributed by atoms with Crippen molar-refractivity contribution in [3.8, 4) is 6.07 Å². The van der Waals surface area contributed by atoms with Crippen LogP contribution in [0, 0.1) is 11.3 Å². The first-order valence-corrected chi connectivity index (χ1v) is 6.16. The molecule has 18 heavy (non-hydrogen) atoms. The molecule has 1 aromatic heterocycles. The lowest BCUT2D eigenvalue weighted by Crippen LogP contribution is -2.18. The van der Waals surface area contributed by atoms with Crippen molar-refractivity contribution >= 4 is 21.7 Å². The Bertz CT molecular complexity index is 592. The molecular formula is C13H11BrN4. The molecule has 5 heteroatoms. The van der Waals surface area contributed by atoms with E-state index in [-0.39, 0.29) is 0 Å². The van der Waals surface area contributed by atoms with E-state index in [2.05, 4.69) is 25.9 Å². The van der Waals surface area contributed by atoms with Gasteiger partial charge in [-0.1, -0.05) is 34.1 Å². The van der Waals surface area contributed by atoms with E-state index in [4.69, 9.17) is 5.26 Å². The maximum Gasteiger partial charge on any atom is 0.145 e. The number of benzene rings is 1. The van der Waals surface area contributed by atoms with Crippen LogP contribution in [0.3, 0.4) is 0 Å². The Morgan fingerprint density at radius 3 is 2.83 bits per heavy atom. The normalized spacial score (nSPS) is 9.83. The second-order valence-corrected chi connectivity index (χ2v) is 4.68. The summed E-state index contributed by atoms with van der Waals surface area (Å²) in [6.45, 7) is 0.712. The van der Waals surface area contributed by atoms with Gasteiger partial charge in [-0.2, -0.15) is 5.26 Å². The molecule has 1 aromatic carbocycles. The fourth-order valence-corrected chi connectivity index (χ4v) is 1.99. The van der Waals surface area contributed by atoms with Crippen LogP contribution in [0.5, 0.6) is 0 Å². The molecule has 0 aliphatic carbocycles. The average molecular weight is 303 g/mol. The predicted molar refractivity (Wildman–Crippen MR) is 73.0 cm³/mol. The maximum absolute atomic E-state index is 8.81. The molecule has 2 aromatic rings. The highest BCUT2D eigenvalue weighted by Crippen LogP contribution is 2.19. The first-order valence-electron chi connectivity index (χ1n) is 5.37. The van der Waals surface area contributed by atoms with Crippen LogP contribution in [0.25, 0.3) is 0 Å². The molecule has 0 aliphatic rings. The topological polar surface area (TPSA) is 52.8 Å². The van der Waals surface area contributed by atoms with Crippen LogP contribution in [0.1, 0.15) is 11.3 Å². The van der Waals surface area contributed by atoms with E-state index in [1.165, 1.54) is 6.33 Å². The third-order valence-corrected chi connectivity index (χ3v) is 3.30. The number of nitriles is 1. The molecule has 0 fully saturated rings. The van der Waals surface area contributed by atoms with Gasteiger partial charge in [0.25, 0.3) is 0 Å². The standard InChI is InChI=1S/C13H11BrN4/c1-18(8-10-4-2-3-5-12(10)14)13-6-11(7-15)16-9-17-13/h2-6,9H,8H2,1H3. The van der Waals surface area contributed by atoms with Crippen LogP contribution in [0.2, 0.25) is 0 Å². The lowest BCUT2D eigenvalue weighted by Gasteiger charge is -2.18. The van der Waals surface area contributed by atoms with Crippen molar-refractivity contribution in [1.82, 2.24) is 9.97 Å². The number of nitrogens with zero attached hydrogens (tertiary/aromatic N) is 4. The van der Waals surface area contributed by atoms with Crippen LogP contribution in [-0.4, -0.2) is 17.0 Å². The summed E-state index contributed by atoms with van der Waals surface area (Å²) in [5, 5.41) is 8.81. The fraction of sp³-hybridized carbons (Fsp3) is 0.154. The van der Waals surface area contributed by atoms with Gasteiger partial charge < -0.3 is 4.90 Å². The molecule has 0 saturated heterocycles. The van der Waals surface area contributed by atoms with Gasteiger partial charge >= 0.3 is 0 Å². The van der Waals surface area contributed by atoms with Crippen LogP contribution in [-0.2, 0) is 6.54 Å². The van der Waals surface area contributed by atoms with Crippen molar-refractivity contribution in [3.05, 3.63) is 52.4 Å². The third kappa shape index (κ3) is 2.84. The van der Waals surface area contributed by atoms with E-state index in [1.807, 2.05) is 42.3 Å². The minimum absolute atomic E-state index is 0.374. The second kappa shape index (κ2) is 5.61. The minimum Gasteiger partial charge on any atom is -0.355 e. The zero-order valence-corrected chi connectivity index (χ0v) is 11.4. The van der Waals surface area contributed by atoms with Gasteiger partial charge in [0.2, 0.25) is 0 Å². The van der Waals surface area contributed by atoms with Crippen molar-refractivity contribution in [1.29, 1.82) is 5.26 Å². The molecule has 0 bridgehead atoms. The Morgan fingerprint density at radius 2 is 2.11 bits per heavy atom. The first-order chi connectivity index (χ1) is 8.70. The van der Waals surface area contributed by atoms with E-state index in [9.17, 15) is 0 Å². The molecule has 0 atom stereocenters. The number of anilines is 1.